The molecule has 0 saturated carbocycles. The minimum Gasteiger partial charge on any atom is -0.493 e. The van der Waals surface area contributed by atoms with Gasteiger partial charge in [0.15, 0.2) is 15.8 Å². The predicted octanol–water partition coefficient (Wildman–Crippen LogP) is 6.95. The summed E-state index contributed by atoms with van der Waals surface area (Å²) < 4.78 is 11.9. The number of hydrogen-bond acceptors (Lipinski definition) is 5. The lowest BCUT2D eigenvalue weighted by molar-refractivity contribution is -0.113. The molecule has 33 heavy (non-hydrogen) atoms. The number of hydrogen-bond donors (Lipinski definition) is 0. The number of anilines is 1. The average molecular weight is 496 g/mol. The second-order valence-electron chi connectivity index (χ2n) is 7.54. The first-order valence-electron chi connectivity index (χ1n) is 10.3. The number of thiocarbonyl (C=S) groups is 1. The van der Waals surface area contributed by atoms with Gasteiger partial charge in [-0.2, -0.15) is 0 Å². The fourth-order valence-electron chi connectivity index (χ4n) is 3.50. The Kier molecular flexibility index (Phi) is 7.08. The molecule has 1 aliphatic rings. The number of halogens is 1. The summed E-state index contributed by atoms with van der Waals surface area (Å²) in [5.41, 5.74) is 4.69. The summed E-state index contributed by atoms with van der Waals surface area (Å²) in [4.78, 5) is 15.3. The van der Waals surface area contributed by atoms with Crippen molar-refractivity contribution in [2.75, 3.05) is 12.0 Å². The van der Waals surface area contributed by atoms with Gasteiger partial charge in [0.25, 0.3) is 5.91 Å². The summed E-state index contributed by atoms with van der Waals surface area (Å²) in [7, 11) is 1.56. The lowest BCUT2D eigenvalue weighted by Gasteiger charge is -2.18. The minimum atomic E-state index is -0.154. The molecule has 0 unspecified atom stereocenters. The van der Waals surface area contributed by atoms with Gasteiger partial charge in [0.2, 0.25) is 0 Å². The van der Waals surface area contributed by atoms with Gasteiger partial charge >= 0.3 is 0 Å². The predicted molar refractivity (Wildman–Crippen MR) is 140 cm³/mol. The Morgan fingerprint density at radius 1 is 1.09 bits per heavy atom. The summed E-state index contributed by atoms with van der Waals surface area (Å²) in [6.45, 7) is 4.37. The number of rotatable bonds is 6. The maximum absolute atomic E-state index is 13.2. The Balaban J connectivity index is 1.61. The molecule has 1 saturated heterocycles. The molecule has 0 N–H and O–H groups in total. The van der Waals surface area contributed by atoms with Crippen LogP contribution in [-0.4, -0.2) is 17.3 Å². The summed E-state index contributed by atoms with van der Waals surface area (Å²) in [6.07, 6.45) is 1.78. The quantitative estimate of drug-likeness (QED) is 0.273. The zero-order chi connectivity index (χ0) is 23.5. The van der Waals surface area contributed by atoms with Crippen LogP contribution >= 0.6 is 35.6 Å². The molecule has 168 valence electrons. The number of benzene rings is 3. The molecule has 1 amide bonds. The van der Waals surface area contributed by atoms with E-state index in [9.17, 15) is 4.79 Å². The number of amides is 1. The minimum absolute atomic E-state index is 0.154. The van der Waals surface area contributed by atoms with Gasteiger partial charge in [-0.15, -0.1) is 0 Å². The van der Waals surface area contributed by atoms with Gasteiger partial charge < -0.3 is 9.47 Å². The van der Waals surface area contributed by atoms with Crippen LogP contribution in [0.25, 0.3) is 6.08 Å². The molecule has 4 rings (SSSR count). The van der Waals surface area contributed by atoms with E-state index in [2.05, 4.69) is 0 Å². The van der Waals surface area contributed by atoms with Crippen molar-refractivity contribution in [1.29, 1.82) is 0 Å². The molecule has 0 atom stereocenters. The average Bonchev–Trinajstić information content (AvgIpc) is 3.08. The number of ether oxygens (including phenoxy) is 2. The van der Waals surface area contributed by atoms with E-state index in [0.29, 0.717) is 32.4 Å². The largest absolute Gasteiger partial charge is 0.493 e. The van der Waals surface area contributed by atoms with Crippen molar-refractivity contribution in [2.45, 2.75) is 20.5 Å². The maximum atomic E-state index is 13.2. The molecule has 4 nitrogen and oxygen atoms in total. The fourth-order valence-corrected chi connectivity index (χ4v) is 5.06. The number of thioether (sulfide) groups is 1. The van der Waals surface area contributed by atoms with Gasteiger partial charge in [0, 0.05) is 0 Å². The molecule has 3 aromatic carbocycles. The molecule has 0 spiro atoms. The Labute approximate surface area is 208 Å². The molecule has 3 aromatic rings. The summed E-state index contributed by atoms with van der Waals surface area (Å²) in [5.74, 6) is 0.802. The number of methoxy groups -OCH3 is 1. The first-order valence-corrected chi connectivity index (χ1v) is 11.9. The highest BCUT2D eigenvalue weighted by molar-refractivity contribution is 8.27. The molecule has 0 bridgehead atoms. The van der Waals surface area contributed by atoms with E-state index in [1.807, 2.05) is 62.4 Å². The zero-order valence-corrected chi connectivity index (χ0v) is 20.8. The molecule has 1 fully saturated rings. The highest BCUT2D eigenvalue weighted by Gasteiger charge is 2.34. The van der Waals surface area contributed by atoms with Crippen molar-refractivity contribution in [3.05, 3.63) is 92.8 Å². The van der Waals surface area contributed by atoms with E-state index < -0.39 is 0 Å². The van der Waals surface area contributed by atoms with Crippen LogP contribution in [-0.2, 0) is 11.4 Å². The van der Waals surface area contributed by atoms with Gasteiger partial charge in [0.1, 0.15) is 6.61 Å². The van der Waals surface area contributed by atoms with Crippen LogP contribution in [0.2, 0.25) is 5.02 Å². The van der Waals surface area contributed by atoms with Crippen LogP contribution < -0.4 is 14.4 Å². The van der Waals surface area contributed by atoms with Crippen molar-refractivity contribution < 1.29 is 14.3 Å². The van der Waals surface area contributed by atoms with Crippen molar-refractivity contribution in [3.63, 3.8) is 0 Å². The fraction of sp³-hybridized carbons (Fsp3) is 0.154. The number of carbonyl (C=O) groups is 1. The zero-order valence-electron chi connectivity index (χ0n) is 18.4. The number of nitrogens with zero attached hydrogens (tertiary/aromatic N) is 1. The maximum Gasteiger partial charge on any atom is 0.270 e. The Bertz CT molecular complexity index is 1260. The summed E-state index contributed by atoms with van der Waals surface area (Å²) >= 11 is 13.3. The first-order chi connectivity index (χ1) is 15.9. The smallest absolute Gasteiger partial charge is 0.270 e. The number of aryl methyl sites for hydroxylation is 1. The van der Waals surface area contributed by atoms with Gasteiger partial charge in [-0.05, 0) is 60.4 Å². The molecular weight excluding hydrogens is 474 g/mol. The van der Waals surface area contributed by atoms with Crippen molar-refractivity contribution >= 4 is 57.6 Å². The normalized spacial score (nSPS) is 14.8. The highest BCUT2D eigenvalue weighted by atomic mass is 35.5. The topological polar surface area (TPSA) is 38.8 Å². The Morgan fingerprint density at radius 2 is 1.85 bits per heavy atom. The third-order valence-electron chi connectivity index (χ3n) is 5.39. The number of carbonyl (C=O) groups excluding carboxylic acids is 1. The molecule has 7 heteroatoms. The molecule has 1 aliphatic heterocycles. The SMILES string of the molecule is COc1cc(C=C2SC(=S)N(c3cccc(C)c3C)C2=O)cc(Cl)c1OCc1ccccc1. The van der Waals surface area contributed by atoms with Crippen LogP contribution in [0.3, 0.4) is 0 Å². The van der Waals surface area contributed by atoms with Gasteiger partial charge in [0.05, 0.1) is 22.7 Å². The Hall–Kier alpha value is -2.80. The van der Waals surface area contributed by atoms with Crippen LogP contribution in [0.4, 0.5) is 5.69 Å². The second-order valence-corrected chi connectivity index (χ2v) is 9.63. The summed E-state index contributed by atoms with van der Waals surface area (Å²) in [5, 5.41) is 0.404. The van der Waals surface area contributed by atoms with E-state index in [1.54, 1.807) is 30.2 Å². The second kappa shape index (κ2) is 10.00. The molecular formula is C26H22ClNO3S2. The van der Waals surface area contributed by atoms with Crippen molar-refractivity contribution in [2.24, 2.45) is 0 Å². The van der Waals surface area contributed by atoms with E-state index in [1.165, 1.54) is 11.8 Å². The van der Waals surface area contributed by atoms with Crippen molar-refractivity contribution in [1.82, 2.24) is 0 Å². The van der Waals surface area contributed by atoms with E-state index >= 15 is 0 Å². The van der Waals surface area contributed by atoms with E-state index in [-0.39, 0.29) is 5.91 Å². The molecule has 0 radical (unpaired) electrons. The van der Waals surface area contributed by atoms with Crippen LogP contribution in [0, 0.1) is 13.8 Å². The molecule has 0 aliphatic carbocycles. The summed E-state index contributed by atoms with van der Waals surface area (Å²) in [6, 6.07) is 19.2. The Morgan fingerprint density at radius 3 is 2.58 bits per heavy atom. The molecule has 1 heterocycles. The van der Waals surface area contributed by atoms with E-state index in [4.69, 9.17) is 33.3 Å². The third kappa shape index (κ3) is 4.93. The van der Waals surface area contributed by atoms with Crippen molar-refractivity contribution in [3.8, 4) is 11.5 Å². The molecule has 0 aromatic heterocycles. The lowest BCUT2D eigenvalue weighted by atomic mass is 10.1. The van der Waals surface area contributed by atoms with Gasteiger partial charge in [-0.1, -0.05) is 78.0 Å². The highest BCUT2D eigenvalue weighted by Crippen LogP contribution is 2.41. The monoisotopic (exact) mass is 495 g/mol. The van der Waals surface area contributed by atoms with E-state index in [0.717, 1.165) is 27.9 Å². The van der Waals surface area contributed by atoms with Crippen LogP contribution in [0.15, 0.2) is 65.6 Å². The van der Waals surface area contributed by atoms with Crippen LogP contribution in [0.1, 0.15) is 22.3 Å². The standard InChI is InChI=1S/C26H22ClNO3S2/c1-16-8-7-11-21(17(16)2)28-25(29)23(33-26(28)32)14-19-12-20(27)24(22(13-19)30-3)31-15-18-9-5-4-6-10-18/h4-14H,15H2,1-3H3. The van der Waals surface area contributed by atoms with Crippen LogP contribution in [0.5, 0.6) is 11.5 Å². The lowest BCUT2D eigenvalue weighted by Crippen LogP contribution is -2.28. The van der Waals surface area contributed by atoms with Gasteiger partial charge in [-0.25, -0.2) is 0 Å². The van der Waals surface area contributed by atoms with Gasteiger partial charge in [-0.3, -0.25) is 9.69 Å². The first kappa shape index (κ1) is 23.4. The third-order valence-corrected chi connectivity index (χ3v) is 6.97.